The minimum atomic E-state index is -3.80. The third-order valence-corrected chi connectivity index (χ3v) is 9.12. The fraction of sp³-hybridized carbons (Fsp3) is 0.531. The minimum Gasteiger partial charge on any atom is -0.466 e. The maximum absolute atomic E-state index is 13.3. The van der Waals surface area contributed by atoms with E-state index in [4.69, 9.17) is 4.74 Å². The zero-order valence-electron chi connectivity index (χ0n) is 26.1. The molecule has 1 N–H and O–H groups in total. The van der Waals surface area contributed by atoms with Crippen molar-refractivity contribution in [3.05, 3.63) is 65.2 Å². The van der Waals surface area contributed by atoms with Crippen molar-refractivity contribution in [2.75, 3.05) is 32.8 Å². The smallest absolute Gasteiger partial charge is 0.305 e. The first-order chi connectivity index (χ1) is 20.8. The Hall–Kier alpha value is -3.38. The van der Waals surface area contributed by atoms with Crippen LogP contribution in [-0.4, -0.2) is 68.7 Å². The van der Waals surface area contributed by atoms with E-state index in [2.05, 4.69) is 31.3 Å². The van der Waals surface area contributed by atoms with E-state index in [1.807, 2.05) is 12.1 Å². The van der Waals surface area contributed by atoms with Crippen LogP contribution in [0.3, 0.4) is 0 Å². The number of hydrogen-bond acceptors (Lipinski definition) is 6. The van der Waals surface area contributed by atoms with Crippen molar-refractivity contribution in [2.45, 2.75) is 83.1 Å². The van der Waals surface area contributed by atoms with Crippen LogP contribution in [0, 0.1) is 0 Å². The third kappa shape index (κ3) is 12.0. The molecular formula is C32H45F2N3O6S. The van der Waals surface area contributed by atoms with Crippen molar-refractivity contribution < 1.29 is 36.3 Å². The molecule has 9 nitrogen and oxygen atoms in total. The molecule has 1 aliphatic rings. The van der Waals surface area contributed by atoms with E-state index < -0.39 is 15.9 Å². The number of rotatable bonds is 14. The van der Waals surface area contributed by atoms with Gasteiger partial charge in [0.1, 0.15) is 0 Å². The average molecular weight is 638 g/mol. The highest BCUT2D eigenvalue weighted by Gasteiger charge is 2.31. The summed E-state index contributed by atoms with van der Waals surface area (Å²) < 4.78 is 58.3. The van der Waals surface area contributed by atoms with Crippen molar-refractivity contribution in [1.82, 2.24) is 14.5 Å². The molecule has 0 atom stereocenters. The summed E-state index contributed by atoms with van der Waals surface area (Å²) in [6.07, 6.45) is 3.48. The molecule has 0 unspecified atom stereocenters. The van der Waals surface area contributed by atoms with Crippen LogP contribution in [0.1, 0.15) is 82.4 Å². The van der Waals surface area contributed by atoms with Crippen LogP contribution in [0.15, 0.2) is 53.4 Å². The summed E-state index contributed by atoms with van der Waals surface area (Å²) in [6.45, 7) is 8.69. The second-order valence-electron chi connectivity index (χ2n) is 11.0. The van der Waals surface area contributed by atoms with Gasteiger partial charge >= 0.3 is 5.97 Å². The molecule has 1 fully saturated rings. The van der Waals surface area contributed by atoms with E-state index >= 15 is 0 Å². The Balaban J connectivity index is 0.000000432. The van der Waals surface area contributed by atoms with Crippen molar-refractivity contribution in [3.63, 3.8) is 0 Å². The predicted molar refractivity (Wildman–Crippen MR) is 165 cm³/mol. The molecule has 0 aliphatic carbocycles. The molecule has 2 aromatic rings. The number of nitrogens with one attached hydrogen (secondary N) is 1. The average Bonchev–Trinajstić information content (AvgIpc) is 3.00. The number of piperazine rings is 1. The third-order valence-electron chi connectivity index (χ3n) is 7.20. The van der Waals surface area contributed by atoms with Crippen molar-refractivity contribution in [2.24, 2.45) is 0 Å². The van der Waals surface area contributed by atoms with Gasteiger partial charge in [0, 0.05) is 58.1 Å². The van der Waals surface area contributed by atoms with Crippen molar-refractivity contribution in [3.8, 4) is 0 Å². The van der Waals surface area contributed by atoms with Gasteiger partial charge in [0.15, 0.2) is 0 Å². The van der Waals surface area contributed by atoms with Crippen LogP contribution in [0.25, 0.3) is 0 Å². The highest BCUT2D eigenvalue weighted by molar-refractivity contribution is 7.89. The molecule has 2 aromatic carbocycles. The molecule has 2 amide bonds. The first-order valence-electron chi connectivity index (χ1n) is 15.0. The summed E-state index contributed by atoms with van der Waals surface area (Å²) >= 11 is 0. The molecule has 0 aromatic heterocycles. The van der Waals surface area contributed by atoms with E-state index in [0.717, 1.165) is 37.5 Å². The number of carbonyl (C=O) groups excluding carboxylic acids is 3. The number of esters is 1. The molecule has 0 bridgehead atoms. The number of hydrogen-bond donors (Lipinski definition) is 1. The van der Waals surface area contributed by atoms with Crippen LogP contribution < -0.4 is 5.32 Å². The van der Waals surface area contributed by atoms with Crippen molar-refractivity contribution in [1.29, 1.82) is 0 Å². The lowest BCUT2D eigenvalue weighted by molar-refractivity contribution is -0.143. The van der Waals surface area contributed by atoms with Gasteiger partial charge in [-0.05, 0) is 48.9 Å². The topological polar surface area (TPSA) is 113 Å². The van der Waals surface area contributed by atoms with Crippen LogP contribution in [0.2, 0.25) is 0 Å². The number of halogens is 2. The highest BCUT2D eigenvalue weighted by Crippen LogP contribution is 2.28. The van der Waals surface area contributed by atoms with Crippen LogP contribution in [0.5, 0.6) is 0 Å². The van der Waals surface area contributed by atoms with Gasteiger partial charge < -0.3 is 15.0 Å². The van der Waals surface area contributed by atoms with Crippen molar-refractivity contribution >= 4 is 28.3 Å². The summed E-state index contributed by atoms with van der Waals surface area (Å²) in [4.78, 5) is 35.3. The molecular weight excluding hydrogens is 592 g/mol. The van der Waals surface area contributed by atoms with Gasteiger partial charge in [-0.25, -0.2) is 17.2 Å². The number of benzene rings is 2. The van der Waals surface area contributed by atoms with E-state index in [1.54, 1.807) is 11.8 Å². The summed E-state index contributed by atoms with van der Waals surface area (Å²) in [5.41, 5.74) is 2.22. The number of carbonyl (C=O) groups is 3. The van der Waals surface area contributed by atoms with Crippen LogP contribution in [-0.2, 0) is 41.6 Å². The molecule has 1 saturated heterocycles. The van der Waals surface area contributed by atoms with E-state index in [1.165, 1.54) is 22.0 Å². The second kappa shape index (κ2) is 17.8. The lowest BCUT2D eigenvalue weighted by atomic mass is 10.0. The maximum Gasteiger partial charge on any atom is 0.305 e. The Morgan fingerprint density at radius 1 is 0.955 bits per heavy atom. The monoisotopic (exact) mass is 637 g/mol. The Bertz CT molecular complexity index is 1290. The predicted octanol–water partition coefficient (Wildman–Crippen LogP) is 5.20. The number of amides is 2. The summed E-state index contributed by atoms with van der Waals surface area (Å²) in [5.74, 6) is -2.74. The number of alkyl halides is 2. The van der Waals surface area contributed by atoms with E-state index in [9.17, 15) is 31.6 Å². The molecule has 244 valence electrons. The van der Waals surface area contributed by atoms with Gasteiger partial charge in [0.05, 0.1) is 11.5 Å². The number of sulfonamides is 1. The lowest BCUT2D eigenvalue weighted by Gasteiger charge is -2.34. The Morgan fingerprint density at radius 2 is 1.55 bits per heavy atom. The molecule has 12 heteroatoms. The Morgan fingerprint density at radius 3 is 2.07 bits per heavy atom. The van der Waals surface area contributed by atoms with Crippen LogP contribution >= 0.6 is 0 Å². The van der Waals surface area contributed by atoms with Gasteiger partial charge in [-0.1, -0.05) is 56.7 Å². The van der Waals surface area contributed by atoms with E-state index in [-0.39, 0.29) is 48.5 Å². The molecule has 3 rings (SSSR count). The number of unbranched alkanes of at least 4 members (excludes halogenated alkanes) is 2. The first kappa shape index (κ1) is 36.8. The molecule has 1 aliphatic heterocycles. The SMILES string of the molecule is CC(C)c1ccc(CNC=O)cc1.CCOC(=O)CCCCCC(=O)N1CCN(S(=O)(=O)c2ccc(C(C)(F)F)cc2)CC1. The summed E-state index contributed by atoms with van der Waals surface area (Å²) in [6, 6.07) is 12.9. The molecule has 1 heterocycles. The quantitative estimate of drug-likeness (QED) is 0.173. The fourth-order valence-electron chi connectivity index (χ4n) is 4.54. The number of nitrogens with zero attached hydrogens (tertiary/aromatic N) is 2. The van der Waals surface area contributed by atoms with Gasteiger partial charge in [-0.3, -0.25) is 14.4 Å². The zero-order valence-corrected chi connectivity index (χ0v) is 26.9. The van der Waals surface area contributed by atoms with Gasteiger partial charge in [0.25, 0.3) is 5.92 Å². The standard InChI is InChI=1S/C21H30F2N2O5S.C11H15NO/c1-3-30-20(27)8-6-4-5-7-19(26)24-13-15-25(16-14-24)31(28,29)18-11-9-17(10-12-18)21(2,22)23;1-9(2)11-5-3-10(4-6-11)7-12-8-13/h9-12H,3-8,13-16H2,1-2H3;3-6,8-9H,7H2,1-2H3,(H,12,13). The normalized spacial score (nSPS) is 14.0. The molecule has 0 saturated carbocycles. The molecule has 0 radical (unpaired) electrons. The molecule has 44 heavy (non-hydrogen) atoms. The maximum atomic E-state index is 13.3. The van der Waals surface area contributed by atoms with Gasteiger partial charge in [-0.2, -0.15) is 4.31 Å². The largest absolute Gasteiger partial charge is 0.466 e. The Labute approximate surface area is 260 Å². The highest BCUT2D eigenvalue weighted by atomic mass is 32.2. The van der Waals surface area contributed by atoms with Gasteiger partial charge in [-0.15, -0.1) is 0 Å². The van der Waals surface area contributed by atoms with Gasteiger partial charge in [0.2, 0.25) is 22.3 Å². The summed E-state index contributed by atoms with van der Waals surface area (Å²) in [7, 11) is -3.80. The van der Waals surface area contributed by atoms with Crippen LogP contribution in [0.4, 0.5) is 8.78 Å². The summed E-state index contributed by atoms with van der Waals surface area (Å²) in [5, 5.41) is 2.63. The fourth-order valence-corrected chi connectivity index (χ4v) is 5.96. The zero-order chi connectivity index (χ0) is 32.8. The Kier molecular flexibility index (Phi) is 14.9. The first-order valence-corrected chi connectivity index (χ1v) is 16.4. The second-order valence-corrected chi connectivity index (χ2v) is 12.9. The lowest BCUT2D eigenvalue weighted by Crippen LogP contribution is -2.50. The number of ether oxygens (including phenoxy) is 1. The van der Waals surface area contributed by atoms with E-state index in [0.29, 0.717) is 44.8 Å². The molecule has 0 spiro atoms. The minimum absolute atomic E-state index is 0.0392.